The summed E-state index contributed by atoms with van der Waals surface area (Å²) in [6.07, 6.45) is 2.00. The van der Waals surface area contributed by atoms with E-state index < -0.39 is 9.84 Å². The number of nitrogens with one attached hydrogen (secondary N) is 1. The van der Waals surface area contributed by atoms with E-state index in [9.17, 15) is 13.2 Å². The zero-order chi connectivity index (χ0) is 16.9. The molecule has 1 N–H and O–H groups in total. The van der Waals surface area contributed by atoms with Gasteiger partial charge in [-0.25, -0.2) is 8.42 Å². The first-order valence-corrected chi connectivity index (χ1v) is 9.14. The second-order valence-electron chi connectivity index (χ2n) is 5.10. The predicted molar refractivity (Wildman–Crippen MR) is 89.7 cm³/mol. The molecule has 0 unspecified atom stereocenters. The van der Waals surface area contributed by atoms with Crippen molar-refractivity contribution in [3.63, 3.8) is 0 Å². The summed E-state index contributed by atoms with van der Waals surface area (Å²) >= 11 is 0. The van der Waals surface area contributed by atoms with Crippen molar-refractivity contribution in [2.75, 3.05) is 18.2 Å². The molecule has 0 saturated carbocycles. The molecule has 0 heterocycles. The number of sulfone groups is 1. The Labute approximate surface area is 136 Å². The van der Waals surface area contributed by atoms with Crippen molar-refractivity contribution in [3.05, 3.63) is 54.1 Å². The minimum absolute atomic E-state index is 0.181. The van der Waals surface area contributed by atoms with Crippen LogP contribution in [-0.4, -0.2) is 27.2 Å². The van der Waals surface area contributed by atoms with Crippen molar-refractivity contribution in [1.29, 1.82) is 0 Å². The third kappa shape index (κ3) is 4.56. The Morgan fingerprint density at radius 3 is 2.35 bits per heavy atom. The Kier molecular flexibility index (Phi) is 5.39. The number of carbonyl (C=O) groups excluding carboxylic acids is 1. The summed E-state index contributed by atoms with van der Waals surface area (Å²) < 4.78 is 28.5. The fourth-order valence-electron chi connectivity index (χ4n) is 1.96. The van der Waals surface area contributed by atoms with Gasteiger partial charge in [0.05, 0.1) is 17.2 Å². The lowest BCUT2D eigenvalue weighted by Gasteiger charge is -2.12. The fraction of sp³-hybridized carbons (Fsp3) is 0.235. The van der Waals surface area contributed by atoms with Crippen LogP contribution in [0.3, 0.4) is 0 Å². The highest BCUT2D eigenvalue weighted by Gasteiger charge is 2.12. The van der Waals surface area contributed by atoms with Crippen LogP contribution in [0.5, 0.6) is 5.75 Å². The number of hydrogen-bond acceptors (Lipinski definition) is 4. The molecule has 0 radical (unpaired) electrons. The molecule has 0 aliphatic rings. The van der Waals surface area contributed by atoms with Crippen molar-refractivity contribution in [2.45, 2.75) is 18.2 Å². The number of amides is 1. The van der Waals surface area contributed by atoms with E-state index in [1.807, 2.05) is 13.0 Å². The van der Waals surface area contributed by atoms with Crippen LogP contribution < -0.4 is 10.1 Å². The molecule has 1 amide bonds. The highest BCUT2D eigenvalue weighted by Crippen LogP contribution is 2.24. The molecular weight excluding hydrogens is 314 g/mol. The molecular formula is C17H19NO4S. The summed E-state index contributed by atoms with van der Waals surface area (Å²) in [5, 5.41) is 2.78. The average Bonchev–Trinajstić information content (AvgIpc) is 2.53. The number of carbonyl (C=O) groups is 1. The van der Waals surface area contributed by atoms with E-state index in [-0.39, 0.29) is 10.8 Å². The molecule has 122 valence electrons. The number of ether oxygens (including phenoxy) is 1. The van der Waals surface area contributed by atoms with Crippen molar-refractivity contribution >= 4 is 21.4 Å². The first-order valence-electron chi connectivity index (χ1n) is 7.25. The van der Waals surface area contributed by atoms with Crippen molar-refractivity contribution < 1.29 is 17.9 Å². The molecule has 0 aliphatic heterocycles. The molecule has 5 nitrogen and oxygen atoms in total. The standard InChI is InChI=1S/C17H19NO4S/c1-3-12-22-16-7-5-4-6-15(16)18-17(19)13-8-10-14(11-9-13)23(2,20)21/h4-11H,3,12H2,1-2H3,(H,18,19). The quantitative estimate of drug-likeness (QED) is 0.881. The molecule has 0 aromatic heterocycles. The Balaban J connectivity index is 2.16. The molecule has 23 heavy (non-hydrogen) atoms. The maximum atomic E-state index is 12.3. The predicted octanol–water partition coefficient (Wildman–Crippen LogP) is 3.13. The van der Waals surface area contributed by atoms with Gasteiger partial charge in [0.25, 0.3) is 5.91 Å². The SMILES string of the molecule is CCCOc1ccccc1NC(=O)c1ccc(S(C)(=O)=O)cc1. The first-order chi connectivity index (χ1) is 10.9. The van der Waals surface area contributed by atoms with E-state index in [4.69, 9.17) is 4.74 Å². The molecule has 0 bridgehead atoms. The number of anilines is 1. The Bertz CT molecular complexity index is 782. The maximum absolute atomic E-state index is 12.3. The van der Waals surface area contributed by atoms with Gasteiger partial charge in [-0.1, -0.05) is 19.1 Å². The normalized spacial score (nSPS) is 11.0. The second-order valence-corrected chi connectivity index (χ2v) is 7.11. The Hall–Kier alpha value is -2.34. The minimum atomic E-state index is -3.27. The zero-order valence-corrected chi connectivity index (χ0v) is 13.9. The van der Waals surface area contributed by atoms with Crippen LogP contribution in [0.15, 0.2) is 53.4 Å². The molecule has 0 aliphatic carbocycles. The molecule has 2 aromatic carbocycles. The lowest BCUT2D eigenvalue weighted by atomic mass is 10.2. The molecule has 2 aromatic rings. The second kappa shape index (κ2) is 7.28. The van der Waals surface area contributed by atoms with Crippen molar-refractivity contribution in [1.82, 2.24) is 0 Å². The monoisotopic (exact) mass is 333 g/mol. The zero-order valence-electron chi connectivity index (χ0n) is 13.1. The highest BCUT2D eigenvalue weighted by molar-refractivity contribution is 7.90. The third-order valence-corrected chi connectivity index (χ3v) is 4.27. The van der Waals surface area contributed by atoms with Gasteiger partial charge in [0, 0.05) is 11.8 Å². The van der Waals surface area contributed by atoms with Gasteiger partial charge < -0.3 is 10.1 Å². The topological polar surface area (TPSA) is 72.5 Å². The third-order valence-electron chi connectivity index (χ3n) is 3.14. The van der Waals surface area contributed by atoms with Gasteiger partial charge >= 0.3 is 0 Å². The minimum Gasteiger partial charge on any atom is -0.491 e. The molecule has 0 spiro atoms. The first kappa shape index (κ1) is 17.0. The van der Waals surface area contributed by atoms with Gasteiger partial charge in [0.2, 0.25) is 0 Å². The van der Waals surface area contributed by atoms with Crippen LogP contribution in [0.4, 0.5) is 5.69 Å². The van der Waals surface area contributed by atoms with Crippen molar-refractivity contribution in [2.24, 2.45) is 0 Å². The molecule has 0 atom stereocenters. The molecule has 0 fully saturated rings. The van der Waals surface area contributed by atoms with Crippen LogP contribution in [0, 0.1) is 0 Å². The van der Waals surface area contributed by atoms with E-state index in [2.05, 4.69) is 5.32 Å². The lowest BCUT2D eigenvalue weighted by molar-refractivity contribution is 0.102. The van der Waals surface area contributed by atoms with Gasteiger partial charge in [-0.2, -0.15) is 0 Å². The van der Waals surface area contributed by atoms with Crippen molar-refractivity contribution in [3.8, 4) is 5.75 Å². The number of hydrogen-bond donors (Lipinski definition) is 1. The van der Waals surface area contributed by atoms with Crippen LogP contribution in [-0.2, 0) is 9.84 Å². The van der Waals surface area contributed by atoms with Gasteiger partial charge in [0.1, 0.15) is 5.75 Å². The summed E-state index contributed by atoms with van der Waals surface area (Å²) in [4.78, 5) is 12.5. The summed E-state index contributed by atoms with van der Waals surface area (Å²) in [7, 11) is -3.27. The van der Waals surface area contributed by atoms with E-state index in [0.717, 1.165) is 12.7 Å². The van der Waals surface area contributed by atoms with E-state index in [1.165, 1.54) is 24.3 Å². The van der Waals surface area contributed by atoms with E-state index in [1.54, 1.807) is 18.2 Å². The maximum Gasteiger partial charge on any atom is 0.255 e. The molecule has 2 rings (SSSR count). The molecule has 6 heteroatoms. The molecule has 0 saturated heterocycles. The van der Waals surface area contributed by atoms with Gasteiger partial charge in [0.15, 0.2) is 9.84 Å². The van der Waals surface area contributed by atoms with Gasteiger partial charge in [-0.15, -0.1) is 0 Å². The number of rotatable bonds is 6. The van der Waals surface area contributed by atoms with Gasteiger partial charge in [-0.05, 0) is 42.8 Å². The fourth-order valence-corrected chi connectivity index (χ4v) is 2.59. The van der Waals surface area contributed by atoms with Crippen LogP contribution in [0.1, 0.15) is 23.7 Å². The largest absolute Gasteiger partial charge is 0.491 e. The average molecular weight is 333 g/mol. The van der Waals surface area contributed by atoms with Crippen LogP contribution in [0.2, 0.25) is 0 Å². The van der Waals surface area contributed by atoms with Crippen LogP contribution in [0.25, 0.3) is 0 Å². The Morgan fingerprint density at radius 1 is 1.09 bits per heavy atom. The number of benzene rings is 2. The number of para-hydroxylation sites is 2. The smallest absolute Gasteiger partial charge is 0.255 e. The lowest BCUT2D eigenvalue weighted by Crippen LogP contribution is -2.13. The Morgan fingerprint density at radius 2 is 1.74 bits per heavy atom. The highest BCUT2D eigenvalue weighted by atomic mass is 32.2. The van der Waals surface area contributed by atoms with Crippen LogP contribution >= 0.6 is 0 Å². The summed E-state index contributed by atoms with van der Waals surface area (Å²) in [5.74, 6) is 0.285. The summed E-state index contributed by atoms with van der Waals surface area (Å²) in [5.41, 5.74) is 0.959. The van der Waals surface area contributed by atoms with E-state index >= 15 is 0 Å². The van der Waals surface area contributed by atoms with E-state index in [0.29, 0.717) is 23.6 Å². The summed E-state index contributed by atoms with van der Waals surface area (Å²) in [6, 6.07) is 13.0. The summed E-state index contributed by atoms with van der Waals surface area (Å²) in [6.45, 7) is 2.57. The van der Waals surface area contributed by atoms with Gasteiger partial charge in [-0.3, -0.25) is 4.79 Å².